The van der Waals surface area contributed by atoms with Gasteiger partial charge in [0.15, 0.2) is 0 Å². The molecule has 3 rings (SSSR count). The quantitative estimate of drug-likeness (QED) is 0.579. The second kappa shape index (κ2) is 8.85. The zero-order valence-electron chi connectivity index (χ0n) is 16.4. The summed E-state index contributed by atoms with van der Waals surface area (Å²) in [6.07, 6.45) is 1.02. The van der Waals surface area contributed by atoms with E-state index in [9.17, 15) is 17.6 Å². The predicted molar refractivity (Wildman–Crippen MR) is 118 cm³/mol. The number of carbonyl (C=O) groups is 1. The van der Waals surface area contributed by atoms with Crippen molar-refractivity contribution in [1.82, 2.24) is 0 Å². The fraction of sp³-hybridized carbons (Fsp3) is 0.136. The number of amides is 1. The van der Waals surface area contributed by atoms with Crippen LogP contribution in [-0.4, -0.2) is 20.6 Å². The van der Waals surface area contributed by atoms with Gasteiger partial charge in [-0.05, 0) is 54.4 Å². The standard InChI is InChI=1S/C22H20ClFN2O3S/c1-15-7-12-18(13-19(15)23)25-22(27)17-10-8-16(9-11-17)14-26(30(2,28)29)21-6-4-3-5-20(21)24/h3-13H,14H2,1-2H3,(H,25,27). The van der Waals surface area contributed by atoms with Crippen molar-refractivity contribution >= 4 is 38.9 Å². The Labute approximate surface area is 180 Å². The minimum atomic E-state index is -3.71. The average molecular weight is 447 g/mol. The third-order valence-electron chi connectivity index (χ3n) is 4.49. The van der Waals surface area contributed by atoms with Gasteiger partial charge in [-0.1, -0.05) is 41.9 Å². The topological polar surface area (TPSA) is 66.5 Å². The van der Waals surface area contributed by atoms with Gasteiger partial charge in [-0.25, -0.2) is 12.8 Å². The van der Waals surface area contributed by atoms with Crippen LogP contribution < -0.4 is 9.62 Å². The highest BCUT2D eigenvalue weighted by atomic mass is 35.5. The highest BCUT2D eigenvalue weighted by Crippen LogP contribution is 2.24. The van der Waals surface area contributed by atoms with E-state index in [-0.39, 0.29) is 18.1 Å². The molecule has 0 saturated heterocycles. The van der Waals surface area contributed by atoms with Crippen LogP contribution in [0.15, 0.2) is 66.7 Å². The molecule has 1 amide bonds. The minimum absolute atomic E-state index is 0.0296. The van der Waals surface area contributed by atoms with Crippen LogP contribution in [0.2, 0.25) is 5.02 Å². The molecule has 0 saturated carbocycles. The van der Waals surface area contributed by atoms with Crippen molar-refractivity contribution in [2.24, 2.45) is 0 Å². The summed E-state index contributed by atoms with van der Waals surface area (Å²) < 4.78 is 39.5. The number of nitrogens with zero attached hydrogens (tertiary/aromatic N) is 1. The molecule has 0 spiro atoms. The van der Waals surface area contributed by atoms with Crippen LogP contribution in [0.4, 0.5) is 15.8 Å². The van der Waals surface area contributed by atoms with E-state index in [1.807, 2.05) is 13.0 Å². The SMILES string of the molecule is Cc1ccc(NC(=O)c2ccc(CN(c3ccccc3F)S(C)(=O)=O)cc2)cc1Cl. The first-order valence-corrected chi connectivity index (χ1v) is 11.3. The number of nitrogens with one attached hydrogen (secondary N) is 1. The molecule has 5 nitrogen and oxygen atoms in total. The number of aryl methyl sites for hydroxylation is 1. The smallest absolute Gasteiger partial charge is 0.255 e. The second-order valence-corrected chi connectivity index (χ2v) is 9.15. The zero-order valence-corrected chi connectivity index (χ0v) is 18.0. The molecular formula is C22H20ClFN2O3S. The maximum absolute atomic E-state index is 14.1. The Morgan fingerprint density at radius 1 is 1.07 bits per heavy atom. The van der Waals surface area contributed by atoms with Crippen molar-refractivity contribution in [3.63, 3.8) is 0 Å². The van der Waals surface area contributed by atoms with Crippen LogP contribution in [-0.2, 0) is 16.6 Å². The van der Waals surface area contributed by atoms with Crippen molar-refractivity contribution in [2.75, 3.05) is 15.9 Å². The molecule has 0 bridgehead atoms. The first kappa shape index (κ1) is 21.8. The van der Waals surface area contributed by atoms with Crippen molar-refractivity contribution in [3.05, 3.63) is 94.3 Å². The predicted octanol–water partition coefficient (Wildman–Crippen LogP) is 5.01. The number of carbonyl (C=O) groups excluding carboxylic acids is 1. The molecular weight excluding hydrogens is 427 g/mol. The normalized spacial score (nSPS) is 11.2. The lowest BCUT2D eigenvalue weighted by Gasteiger charge is -2.23. The largest absolute Gasteiger partial charge is 0.322 e. The van der Waals surface area contributed by atoms with E-state index in [2.05, 4.69) is 5.32 Å². The van der Waals surface area contributed by atoms with Gasteiger partial charge in [0.25, 0.3) is 5.91 Å². The Hall–Kier alpha value is -2.90. The molecule has 0 aliphatic heterocycles. The first-order chi connectivity index (χ1) is 14.1. The van der Waals surface area contributed by atoms with Crippen LogP contribution in [0.3, 0.4) is 0 Å². The van der Waals surface area contributed by atoms with Gasteiger partial charge in [0.2, 0.25) is 10.0 Å². The first-order valence-electron chi connectivity index (χ1n) is 9.04. The Morgan fingerprint density at radius 2 is 1.73 bits per heavy atom. The molecule has 0 aliphatic carbocycles. The summed E-state index contributed by atoms with van der Waals surface area (Å²) >= 11 is 6.08. The van der Waals surface area contributed by atoms with Gasteiger partial charge in [-0.15, -0.1) is 0 Å². The summed E-state index contributed by atoms with van der Waals surface area (Å²) in [5, 5.41) is 3.32. The van der Waals surface area contributed by atoms with Crippen LogP contribution in [0, 0.1) is 12.7 Å². The maximum atomic E-state index is 14.1. The van der Waals surface area contributed by atoms with Crippen LogP contribution >= 0.6 is 11.6 Å². The molecule has 1 N–H and O–H groups in total. The van der Waals surface area contributed by atoms with Crippen LogP contribution in [0.1, 0.15) is 21.5 Å². The average Bonchev–Trinajstić information content (AvgIpc) is 2.69. The summed E-state index contributed by atoms with van der Waals surface area (Å²) in [6.45, 7) is 1.81. The van der Waals surface area contributed by atoms with Crippen molar-refractivity contribution in [1.29, 1.82) is 0 Å². The number of halogens is 2. The number of hydrogen-bond acceptors (Lipinski definition) is 3. The summed E-state index contributed by atoms with van der Waals surface area (Å²) in [5.74, 6) is -0.953. The van der Waals surface area contributed by atoms with E-state index < -0.39 is 15.8 Å². The highest BCUT2D eigenvalue weighted by Gasteiger charge is 2.21. The van der Waals surface area contributed by atoms with E-state index in [1.54, 1.807) is 42.5 Å². The van der Waals surface area contributed by atoms with Gasteiger partial charge in [0.1, 0.15) is 5.82 Å². The number of anilines is 2. The molecule has 30 heavy (non-hydrogen) atoms. The van der Waals surface area contributed by atoms with Crippen molar-refractivity contribution < 1.29 is 17.6 Å². The zero-order chi connectivity index (χ0) is 21.9. The molecule has 156 valence electrons. The summed E-state index contributed by atoms with van der Waals surface area (Å²) in [7, 11) is -3.71. The van der Waals surface area contributed by atoms with E-state index >= 15 is 0 Å². The lowest BCUT2D eigenvalue weighted by atomic mass is 10.1. The fourth-order valence-electron chi connectivity index (χ4n) is 2.84. The molecule has 0 fully saturated rings. The van der Waals surface area contributed by atoms with E-state index in [4.69, 9.17) is 11.6 Å². The highest BCUT2D eigenvalue weighted by molar-refractivity contribution is 7.92. The fourth-order valence-corrected chi connectivity index (χ4v) is 3.91. The molecule has 0 heterocycles. The maximum Gasteiger partial charge on any atom is 0.255 e. The minimum Gasteiger partial charge on any atom is -0.322 e. The molecule has 0 unspecified atom stereocenters. The summed E-state index contributed by atoms with van der Waals surface area (Å²) in [4.78, 5) is 12.5. The number of para-hydroxylation sites is 1. The number of rotatable bonds is 6. The Bertz CT molecular complexity index is 1180. The number of sulfonamides is 1. The van der Waals surface area contributed by atoms with Gasteiger partial charge in [0, 0.05) is 16.3 Å². The molecule has 0 aromatic heterocycles. The Balaban J connectivity index is 1.78. The molecule has 0 radical (unpaired) electrons. The van der Waals surface area contributed by atoms with Gasteiger partial charge in [-0.3, -0.25) is 9.10 Å². The third-order valence-corrected chi connectivity index (χ3v) is 6.03. The Morgan fingerprint density at radius 3 is 2.33 bits per heavy atom. The second-order valence-electron chi connectivity index (χ2n) is 6.84. The molecule has 8 heteroatoms. The number of benzene rings is 3. The van der Waals surface area contributed by atoms with Gasteiger partial charge in [0.05, 0.1) is 18.5 Å². The third kappa shape index (κ3) is 5.17. The molecule has 0 aliphatic rings. The van der Waals surface area contributed by atoms with Crippen LogP contribution in [0.25, 0.3) is 0 Å². The van der Waals surface area contributed by atoms with Crippen LogP contribution in [0.5, 0.6) is 0 Å². The lowest BCUT2D eigenvalue weighted by molar-refractivity contribution is 0.102. The molecule has 3 aromatic rings. The van der Waals surface area contributed by atoms with Gasteiger partial charge >= 0.3 is 0 Å². The Kier molecular flexibility index (Phi) is 6.43. The van der Waals surface area contributed by atoms with E-state index in [0.29, 0.717) is 21.8 Å². The van der Waals surface area contributed by atoms with E-state index in [0.717, 1.165) is 16.1 Å². The molecule has 3 aromatic carbocycles. The summed E-state index contributed by atoms with van der Waals surface area (Å²) in [5.41, 5.74) is 2.45. The van der Waals surface area contributed by atoms with Crippen molar-refractivity contribution in [3.8, 4) is 0 Å². The number of hydrogen-bond donors (Lipinski definition) is 1. The summed E-state index contributed by atoms with van der Waals surface area (Å²) in [6, 6.07) is 17.4. The van der Waals surface area contributed by atoms with Gasteiger partial charge in [-0.2, -0.15) is 0 Å². The van der Waals surface area contributed by atoms with Crippen molar-refractivity contribution in [2.45, 2.75) is 13.5 Å². The van der Waals surface area contributed by atoms with Gasteiger partial charge < -0.3 is 5.32 Å². The van der Waals surface area contributed by atoms with E-state index in [1.165, 1.54) is 18.2 Å². The monoisotopic (exact) mass is 446 g/mol. The lowest BCUT2D eigenvalue weighted by Crippen LogP contribution is -2.30. The molecule has 0 atom stereocenters.